The van der Waals surface area contributed by atoms with Crippen LogP contribution < -0.4 is 5.73 Å². The van der Waals surface area contributed by atoms with Crippen molar-refractivity contribution in [2.45, 2.75) is 30.6 Å². The van der Waals surface area contributed by atoms with Crippen molar-refractivity contribution in [1.29, 1.82) is 0 Å². The molecule has 0 radical (unpaired) electrons. The number of rotatable bonds is 3. The number of benzene rings is 1. The molecule has 4 rings (SSSR count). The Hall–Kier alpha value is -3.50. The number of likely N-dealkylation sites (N-methyl/N-ethyl adjacent to an activating group) is 1. The Morgan fingerprint density at radius 3 is 2.37 bits per heavy atom. The second-order valence-corrected chi connectivity index (χ2v) is 9.53. The van der Waals surface area contributed by atoms with Crippen molar-refractivity contribution in [2.75, 3.05) is 14.1 Å². The average molecular weight is 483 g/mol. The average Bonchev–Trinajstić information content (AvgIpc) is 2.77. The molecular formula is C24H25N3O8. The van der Waals surface area contributed by atoms with Gasteiger partial charge in [-0.15, -0.1) is 0 Å². The van der Waals surface area contributed by atoms with E-state index in [1.807, 2.05) is 0 Å². The molecule has 8 unspecified atom stereocenters. The van der Waals surface area contributed by atoms with E-state index in [9.17, 15) is 39.3 Å². The van der Waals surface area contributed by atoms with Crippen molar-refractivity contribution in [1.82, 2.24) is 4.90 Å². The van der Waals surface area contributed by atoms with Crippen LogP contribution in [-0.4, -0.2) is 87.0 Å². The summed E-state index contributed by atoms with van der Waals surface area (Å²) in [5, 5.41) is 33.6. The van der Waals surface area contributed by atoms with Gasteiger partial charge in [0, 0.05) is 5.92 Å². The SMILES string of the molecule is C=C=Nc1ccc(O)c2c1C(C)C1C(C2=O)C(=O)C2(O)C(=O)C(C(N)=O)C(=O)C(N(C)C)C2C1O. The number of nitrogens with zero attached hydrogens (tertiary/aromatic N) is 2. The highest BCUT2D eigenvalue weighted by atomic mass is 16.3. The molecule has 1 aromatic carbocycles. The lowest BCUT2D eigenvalue weighted by Gasteiger charge is -2.56. The van der Waals surface area contributed by atoms with Gasteiger partial charge in [0.1, 0.15) is 5.75 Å². The van der Waals surface area contributed by atoms with Crippen LogP contribution in [-0.2, 0) is 19.2 Å². The van der Waals surface area contributed by atoms with Crippen LogP contribution in [0.25, 0.3) is 0 Å². The highest BCUT2D eigenvalue weighted by molar-refractivity contribution is 6.32. The predicted octanol–water partition coefficient (Wildman–Crippen LogP) is -1.11. The lowest BCUT2D eigenvalue weighted by Crippen LogP contribution is -2.77. The third kappa shape index (κ3) is 3.02. The Bertz CT molecular complexity index is 1250. The molecule has 3 aliphatic rings. The van der Waals surface area contributed by atoms with Crippen molar-refractivity contribution in [2.24, 2.45) is 34.4 Å². The molecule has 0 bridgehead atoms. The number of hydrogen-bond donors (Lipinski definition) is 4. The summed E-state index contributed by atoms with van der Waals surface area (Å²) in [5.74, 6) is -11.5. The van der Waals surface area contributed by atoms with Crippen LogP contribution in [0.3, 0.4) is 0 Å². The maximum Gasteiger partial charge on any atom is 0.235 e. The van der Waals surface area contributed by atoms with Gasteiger partial charge in [0.15, 0.2) is 34.7 Å². The Kier molecular flexibility index (Phi) is 5.65. The van der Waals surface area contributed by atoms with Crippen molar-refractivity contribution in [3.8, 4) is 5.75 Å². The molecule has 11 heteroatoms. The molecule has 0 aromatic heterocycles. The highest BCUT2D eigenvalue weighted by Crippen LogP contribution is 2.55. The maximum atomic E-state index is 13.8. The molecular weight excluding hydrogens is 458 g/mol. The predicted molar refractivity (Wildman–Crippen MR) is 120 cm³/mol. The van der Waals surface area contributed by atoms with Gasteiger partial charge in [0.25, 0.3) is 0 Å². The van der Waals surface area contributed by atoms with E-state index < -0.39 is 82.1 Å². The fraction of sp³-hybridized carbons (Fsp3) is 0.458. The summed E-state index contributed by atoms with van der Waals surface area (Å²) in [4.78, 5) is 71.1. The minimum atomic E-state index is -3.03. The van der Waals surface area contributed by atoms with Gasteiger partial charge in [-0.3, -0.25) is 28.9 Å². The molecule has 11 nitrogen and oxygen atoms in total. The standard InChI is InChI=1S/C24H25N3O8/c1-5-26-9-6-7-10(28)13-11(9)8(2)12-14(18(13)29)21(32)24(35)16(19(12)30)17(27(3)4)20(31)15(22(24)33)23(25)34/h6-8,12,14-17,19,28,30,35H,1H2,2-4H3,(H2,25,34). The number of phenolic OH excluding ortho intramolecular Hbond substituents is 1. The van der Waals surface area contributed by atoms with Gasteiger partial charge in [-0.1, -0.05) is 6.92 Å². The number of aliphatic hydroxyl groups excluding tert-OH is 1. The van der Waals surface area contributed by atoms with E-state index in [0.717, 1.165) is 0 Å². The Morgan fingerprint density at radius 2 is 1.83 bits per heavy atom. The van der Waals surface area contributed by atoms with Crippen LogP contribution in [0.2, 0.25) is 0 Å². The first-order chi connectivity index (χ1) is 16.3. The number of Topliss-reactive ketones (excluding diaryl/α,β-unsaturated/α-hetero) is 4. The third-order valence-corrected chi connectivity index (χ3v) is 7.64. The zero-order valence-electron chi connectivity index (χ0n) is 19.3. The van der Waals surface area contributed by atoms with E-state index in [0.29, 0.717) is 0 Å². The Labute approximate surface area is 199 Å². The normalized spacial score (nSPS) is 36.2. The van der Waals surface area contributed by atoms with E-state index >= 15 is 0 Å². The smallest absolute Gasteiger partial charge is 0.235 e. The lowest BCUT2D eigenvalue weighted by atomic mass is 9.49. The number of aliphatic hydroxyl groups is 2. The summed E-state index contributed by atoms with van der Waals surface area (Å²) in [6.07, 6.45) is -1.70. The molecule has 0 aliphatic heterocycles. The summed E-state index contributed by atoms with van der Waals surface area (Å²) >= 11 is 0. The maximum absolute atomic E-state index is 13.8. The van der Waals surface area contributed by atoms with Crippen LogP contribution in [0, 0.1) is 23.7 Å². The number of fused-ring (bicyclic) bond motifs is 3. The van der Waals surface area contributed by atoms with Gasteiger partial charge >= 0.3 is 0 Å². The summed E-state index contributed by atoms with van der Waals surface area (Å²) < 4.78 is 0. The summed E-state index contributed by atoms with van der Waals surface area (Å²) in [5.41, 5.74) is 2.50. The van der Waals surface area contributed by atoms with Gasteiger partial charge in [-0.2, -0.15) is 0 Å². The van der Waals surface area contributed by atoms with E-state index in [-0.39, 0.29) is 16.8 Å². The van der Waals surface area contributed by atoms with E-state index in [2.05, 4.69) is 17.4 Å². The minimum Gasteiger partial charge on any atom is -0.507 e. The zero-order valence-corrected chi connectivity index (χ0v) is 19.3. The number of phenols is 1. The zero-order chi connectivity index (χ0) is 26.1. The van der Waals surface area contributed by atoms with Crippen molar-refractivity contribution in [3.63, 3.8) is 0 Å². The third-order valence-electron chi connectivity index (χ3n) is 7.64. The number of ketones is 4. The molecule has 2 saturated carbocycles. The number of carbonyl (C=O) groups is 5. The van der Waals surface area contributed by atoms with Gasteiger partial charge in [0.2, 0.25) is 5.91 Å². The second-order valence-electron chi connectivity index (χ2n) is 9.53. The van der Waals surface area contributed by atoms with Crippen LogP contribution in [0.15, 0.2) is 23.7 Å². The number of hydrogen-bond acceptors (Lipinski definition) is 10. The topological polar surface area (TPSA) is 188 Å². The van der Waals surface area contributed by atoms with E-state index in [4.69, 9.17) is 5.73 Å². The van der Waals surface area contributed by atoms with Crippen LogP contribution in [0.5, 0.6) is 5.75 Å². The van der Waals surface area contributed by atoms with Crippen molar-refractivity contribution in [3.05, 3.63) is 29.8 Å². The molecule has 5 N–H and O–H groups in total. The quantitative estimate of drug-likeness (QED) is 0.305. The molecule has 8 atom stereocenters. The number of carbonyl (C=O) groups excluding carboxylic acids is 5. The van der Waals surface area contributed by atoms with E-state index in [1.165, 1.54) is 31.1 Å². The summed E-state index contributed by atoms with van der Waals surface area (Å²) in [6, 6.07) is 1.21. The van der Waals surface area contributed by atoms with Crippen LogP contribution >= 0.6 is 0 Å². The van der Waals surface area contributed by atoms with Crippen LogP contribution in [0.1, 0.15) is 28.8 Å². The fourth-order valence-corrected chi connectivity index (χ4v) is 6.23. The molecule has 1 amide bonds. The molecule has 184 valence electrons. The van der Waals surface area contributed by atoms with Gasteiger partial charge < -0.3 is 21.1 Å². The van der Waals surface area contributed by atoms with Gasteiger partial charge in [0.05, 0.1) is 35.2 Å². The van der Waals surface area contributed by atoms with Crippen LogP contribution in [0.4, 0.5) is 5.69 Å². The van der Waals surface area contributed by atoms with Crippen molar-refractivity contribution < 1.29 is 39.3 Å². The Balaban J connectivity index is 2.00. The molecule has 2 fully saturated rings. The molecule has 1 aromatic rings. The molecule has 0 heterocycles. The highest BCUT2D eigenvalue weighted by Gasteiger charge is 2.73. The summed E-state index contributed by atoms with van der Waals surface area (Å²) in [6.45, 7) is 5.02. The number of aromatic hydroxyl groups is 1. The number of primary amides is 1. The second kappa shape index (κ2) is 8.03. The summed E-state index contributed by atoms with van der Waals surface area (Å²) in [7, 11) is 2.86. The first-order valence-corrected chi connectivity index (χ1v) is 10.9. The lowest BCUT2D eigenvalue weighted by molar-refractivity contribution is -0.196. The minimum absolute atomic E-state index is 0.229. The molecule has 0 saturated heterocycles. The first kappa shape index (κ1) is 24.6. The molecule has 3 aliphatic carbocycles. The van der Waals surface area contributed by atoms with Gasteiger partial charge in [-0.05, 0) is 50.2 Å². The Morgan fingerprint density at radius 1 is 1.20 bits per heavy atom. The largest absolute Gasteiger partial charge is 0.507 e. The number of aliphatic imine (C=N–C) groups is 1. The molecule has 0 spiro atoms. The monoisotopic (exact) mass is 483 g/mol. The van der Waals surface area contributed by atoms with Gasteiger partial charge in [-0.25, -0.2) is 4.99 Å². The van der Waals surface area contributed by atoms with Crippen molar-refractivity contribution >= 4 is 40.6 Å². The number of amides is 1. The number of nitrogens with two attached hydrogens (primary N) is 1. The fourth-order valence-electron chi connectivity index (χ4n) is 6.23. The first-order valence-electron chi connectivity index (χ1n) is 10.9. The van der Waals surface area contributed by atoms with E-state index in [1.54, 1.807) is 6.92 Å². The molecule has 35 heavy (non-hydrogen) atoms.